The van der Waals surface area contributed by atoms with E-state index in [0.717, 1.165) is 16.7 Å². The summed E-state index contributed by atoms with van der Waals surface area (Å²) in [6, 6.07) is 17.2. The van der Waals surface area contributed by atoms with Gasteiger partial charge in [0.2, 0.25) is 0 Å². The smallest absolute Gasteiger partial charge is 0.317 e. The molecule has 0 saturated carbocycles. The van der Waals surface area contributed by atoms with E-state index in [0.29, 0.717) is 11.6 Å². The summed E-state index contributed by atoms with van der Waals surface area (Å²) in [7, 11) is 1.76. The molecule has 2 rings (SSSR count). The molecule has 0 unspecified atom stereocenters. The van der Waals surface area contributed by atoms with E-state index in [1.807, 2.05) is 48.5 Å². The SMILES string of the molecule is CN(C/C=C(/C#Cc1ccc(Cl)cc1)c1ccccc1)CC(=O)O. The van der Waals surface area contributed by atoms with Crippen molar-refractivity contribution in [3.05, 3.63) is 76.8 Å². The van der Waals surface area contributed by atoms with E-state index in [1.54, 1.807) is 24.1 Å². The fourth-order valence-electron chi connectivity index (χ4n) is 2.07. The summed E-state index contributed by atoms with van der Waals surface area (Å²) in [6.45, 7) is 0.495. The van der Waals surface area contributed by atoms with Gasteiger partial charge < -0.3 is 5.11 Å². The molecule has 0 heterocycles. The first kappa shape index (κ1) is 17.8. The zero-order valence-electron chi connectivity index (χ0n) is 13.4. The van der Waals surface area contributed by atoms with Crippen LogP contribution in [0, 0.1) is 11.8 Å². The van der Waals surface area contributed by atoms with Crippen molar-refractivity contribution in [2.75, 3.05) is 20.1 Å². The first-order valence-corrected chi connectivity index (χ1v) is 7.86. The van der Waals surface area contributed by atoms with Gasteiger partial charge in [0, 0.05) is 22.7 Å². The fourth-order valence-corrected chi connectivity index (χ4v) is 2.20. The number of rotatable bonds is 5. The van der Waals surface area contributed by atoms with Crippen LogP contribution < -0.4 is 0 Å². The van der Waals surface area contributed by atoms with E-state index in [1.165, 1.54) is 0 Å². The van der Waals surface area contributed by atoms with E-state index in [4.69, 9.17) is 16.7 Å². The second-order valence-corrected chi connectivity index (χ2v) is 5.77. The number of likely N-dealkylation sites (N-methyl/N-ethyl adjacent to an activating group) is 1. The molecule has 0 saturated heterocycles. The number of carbonyl (C=O) groups is 1. The number of benzene rings is 2. The van der Waals surface area contributed by atoms with Crippen LogP contribution in [0.4, 0.5) is 0 Å². The highest BCUT2D eigenvalue weighted by Crippen LogP contribution is 2.14. The molecule has 2 aromatic rings. The first-order chi connectivity index (χ1) is 11.5. The molecule has 0 amide bonds. The average Bonchev–Trinajstić information content (AvgIpc) is 2.56. The molecular weight excluding hydrogens is 322 g/mol. The molecule has 0 bridgehead atoms. The van der Waals surface area contributed by atoms with E-state index in [2.05, 4.69) is 11.8 Å². The monoisotopic (exact) mass is 339 g/mol. The molecule has 2 aromatic carbocycles. The lowest BCUT2D eigenvalue weighted by molar-refractivity contribution is -0.137. The summed E-state index contributed by atoms with van der Waals surface area (Å²) in [5, 5.41) is 9.52. The quantitative estimate of drug-likeness (QED) is 0.842. The lowest BCUT2D eigenvalue weighted by Gasteiger charge is -2.11. The van der Waals surface area contributed by atoms with Crippen molar-refractivity contribution in [2.24, 2.45) is 0 Å². The van der Waals surface area contributed by atoms with Crippen LogP contribution in [0.1, 0.15) is 11.1 Å². The first-order valence-electron chi connectivity index (χ1n) is 7.48. The highest BCUT2D eigenvalue weighted by molar-refractivity contribution is 6.30. The molecule has 122 valence electrons. The average molecular weight is 340 g/mol. The van der Waals surface area contributed by atoms with Crippen LogP contribution in [0.25, 0.3) is 5.57 Å². The molecule has 0 aliphatic rings. The maximum Gasteiger partial charge on any atom is 0.317 e. The largest absolute Gasteiger partial charge is 0.480 e. The molecule has 0 radical (unpaired) electrons. The summed E-state index contributed by atoms with van der Waals surface area (Å²) in [5.74, 6) is 5.45. The van der Waals surface area contributed by atoms with E-state index >= 15 is 0 Å². The summed E-state index contributed by atoms with van der Waals surface area (Å²) in [5.41, 5.74) is 2.74. The number of nitrogens with zero attached hydrogens (tertiary/aromatic N) is 1. The lowest BCUT2D eigenvalue weighted by Crippen LogP contribution is -2.25. The number of halogens is 1. The minimum atomic E-state index is -0.848. The van der Waals surface area contributed by atoms with Gasteiger partial charge in [0.15, 0.2) is 0 Å². The van der Waals surface area contributed by atoms with Gasteiger partial charge in [-0.05, 0) is 36.9 Å². The summed E-state index contributed by atoms with van der Waals surface area (Å²) in [4.78, 5) is 12.5. The zero-order chi connectivity index (χ0) is 17.4. The Balaban J connectivity index is 2.24. The van der Waals surface area contributed by atoms with Gasteiger partial charge in [-0.25, -0.2) is 0 Å². The fraction of sp³-hybridized carbons (Fsp3) is 0.150. The Morgan fingerprint density at radius 1 is 1.17 bits per heavy atom. The van der Waals surface area contributed by atoms with Crippen molar-refractivity contribution in [1.82, 2.24) is 4.90 Å². The molecule has 0 spiro atoms. The van der Waals surface area contributed by atoms with Crippen molar-refractivity contribution >= 4 is 23.1 Å². The molecular formula is C20H18ClNO2. The lowest BCUT2D eigenvalue weighted by atomic mass is 10.1. The third-order valence-corrected chi connectivity index (χ3v) is 3.53. The van der Waals surface area contributed by atoms with Gasteiger partial charge in [-0.15, -0.1) is 0 Å². The van der Waals surface area contributed by atoms with Crippen molar-refractivity contribution < 1.29 is 9.90 Å². The Morgan fingerprint density at radius 2 is 1.83 bits per heavy atom. The summed E-state index contributed by atoms with van der Waals surface area (Å²) < 4.78 is 0. The second-order valence-electron chi connectivity index (χ2n) is 5.33. The highest BCUT2D eigenvalue weighted by Gasteiger charge is 2.03. The molecule has 0 atom stereocenters. The molecule has 0 aliphatic carbocycles. The van der Waals surface area contributed by atoms with Crippen LogP contribution in [0.15, 0.2) is 60.7 Å². The number of hydrogen-bond acceptors (Lipinski definition) is 2. The molecule has 1 N–H and O–H groups in total. The number of carboxylic acid groups (broad SMARTS) is 1. The van der Waals surface area contributed by atoms with Crippen molar-refractivity contribution in [3.63, 3.8) is 0 Å². The Morgan fingerprint density at radius 3 is 2.46 bits per heavy atom. The Kier molecular flexibility index (Phi) is 6.62. The molecule has 0 aliphatic heterocycles. The van der Waals surface area contributed by atoms with Gasteiger partial charge in [-0.3, -0.25) is 9.69 Å². The van der Waals surface area contributed by atoms with Crippen LogP contribution >= 0.6 is 11.6 Å². The number of carboxylic acids is 1. The maximum atomic E-state index is 10.8. The minimum Gasteiger partial charge on any atom is -0.480 e. The molecule has 3 nitrogen and oxygen atoms in total. The topological polar surface area (TPSA) is 40.5 Å². The van der Waals surface area contributed by atoms with Gasteiger partial charge in [0.05, 0.1) is 6.54 Å². The van der Waals surface area contributed by atoms with Crippen LogP contribution in [0.5, 0.6) is 0 Å². The standard InChI is InChI=1S/C20H18ClNO2/c1-22(15-20(23)24)14-13-18(17-5-3-2-4-6-17)10-7-16-8-11-19(21)12-9-16/h2-6,8-9,11-13H,14-15H2,1H3,(H,23,24)/b18-13-. The third-order valence-electron chi connectivity index (χ3n) is 3.28. The van der Waals surface area contributed by atoms with Crippen molar-refractivity contribution in [2.45, 2.75) is 0 Å². The Hall–Kier alpha value is -2.54. The van der Waals surface area contributed by atoms with E-state index < -0.39 is 5.97 Å². The van der Waals surface area contributed by atoms with Crippen LogP contribution in [-0.4, -0.2) is 36.1 Å². The predicted octanol–water partition coefficient (Wildman–Crippen LogP) is 3.79. The minimum absolute atomic E-state index is 0.0107. The van der Waals surface area contributed by atoms with Crippen molar-refractivity contribution in [3.8, 4) is 11.8 Å². The summed E-state index contributed by atoms with van der Waals surface area (Å²) >= 11 is 5.88. The third kappa shape index (κ3) is 5.92. The Bertz CT molecular complexity index is 771. The van der Waals surface area contributed by atoms with Gasteiger partial charge >= 0.3 is 5.97 Å². The molecule has 24 heavy (non-hydrogen) atoms. The molecule has 0 aromatic heterocycles. The molecule has 4 heteroatoms. The van der Waals surface area contributed by atoms with Gasteiger partial charge in [-0.1, -0.05) is 59.8 Å². The van der Waals surface area contributed by atoms with Crippen LogP contribution in [-0.2, 0) is 4.79 Å². The van der Waals surface area contributed by atoms with E-state index in [9.17, 15) is 4.79 Å². The normalized spacial score (nSPS) is 11.0. The highest BCUT2D eigenvalue weighted by atomic mass is 35.5. The number of allylic oxidation sites excluding steroid dienone is 1. The zero-order valence-corrected chi connectivity index (χ0v) is 14.1. The predicted molar refractivity (Wildman–Crippen MR) is 97.9 cm³/mol. The van der Waals surface area contributed by atoms with Crippen LogP contribution in [0.3, 0.4) is 0 Å². The number of aliphatic carboxylic acids is 1. The van der Waals surface area contributed by atoms with Crippen molar-refractivity contribution in [1.29, 1.82) is 0 Å². The van der Waals surface area contributed by atoms with Crippen LogP contribution in [0.2, 0.25) is 5.02 Å². The molecule has 0 fully saturated rings. The summed E-state index contributed by atoms with van der Waals surface area (Å²) in [6.07, 6.45) is 1.95. The number of hydrogen-bond donors (Lipinski definition) is 1. The van der Waals surface area contributed by atoms with Gasteiger partial charge in [-0.2, -0.15) is 0 Å². The van der Waals surface area contributed by atoms with E-state index in [-0.39, 0.29) is 6.54 Å². The van der Waals surface area contributed by atoms with Gasteiger partial charge in [0.1, 0.15) is 0 Å². The Labute approximate surface area is 147 Å². The second kappa shape index (κ2) is 8.93. The van der Waals surface area contributed by atoms with Gasteiger partial charge in [0.25, 0.3) is 0 Å². The maximum absolute atomic E-state index is 10.8.